The van der Waals surface area contributed by atoms with Gasteiger partial charge in [-0.15, -0.1) is 0 Å². The van der Waals surface area contributed by atoms with Crippen LogP contribution in [-0.2, 0) is 6.42 Å². The minimum absolute atomic E-state index is 0.186. The number of benzene rings is 2. The fourth-order valence-corrected chi connectivity index (χ4v) is 2.90. The van der Waals surface area contributed by atoms with E-state index >= 15 is 0 Å². The molecule has 2 aromatic carbocycles. The van der Waals surface area contributed by atoms with E-state index in [2.05, 4.69) is 52.4 Å². The second-order valence-electron chi connectivity index (χ2n) is 4.84. The van der Waals surface area contributed by atoms with E-state index in [0.29, 0.717) is 6.04 Å². The molecule has 0 aliphatic rings. The minimum Gasteiger partial charge on any atom is -0.310 e. The van der Waals surface area contributed by atoms with Gasteiger partial charge in [-0.3, -0.25) is 0 Å². The maximum Gasteiger partial charge on any atom is 0.124 e. The number of halogens is 2. The molecule has 0 aliphatic carbocycles. The molecule has 0 heterocycles. The largest absolute Gasteiger partial charge is 0.310 e. The van der Waals surface area contributed by atoms with Crippen LogP contribution in [0.4, 0.5) is 4.39 Å². The van der Waals surface area contributed by atoms with E-state index < -0.39 is 0 Å². The van der Waals surface area contributed by atoms with Crippen molar-refractivity contribution in [2.45, 2.75) is 25.8 Å². The lowest BCUT2D eigenvalue weighted by Crippen LogP contribution is -2.21. The highest BCUT2D eigenvalue weighted by Gasteiger charge is 2.10. The number of aryl methyl sites for hydroxylation is 1. The SMILES string of the molecule is CCNC(CCc1cc(F)cc(Br)c1)c1ccccc1. The van der Waals surface area contributed by atoms with Gasteiger partial charge >= 0.3 is 0 Å². The third kappa shape index (κ3) is 4.43. The number of nitrogens with one attached hydrogen (secondary N) is 1. The van der Waals surface area contributed by atoms with E-state index in [-0.39, 0.29) is 5.82 Å². The molecule has 20 heavy (non-hydrogen) atoms. The smallest absolute Gasteiger partial charge is 0.124 e. The van der Waals surface area contributed by atoms with Crippen LogP contribution in [-0.4, -0.2) is 6.54 Å². The molecule has 0 aliphatic heterocycles. The molecule has 0 bridgehead atoms. The van der Waals surface area contributed by atoms with Gasteiger partial charge in [-0.25, -0.2) is 4.39 Å². The maximum absolute atomic E-state index is 13.4. The average molecular weight is 336 g/mol. The highest BCUT2D eigenvalue weighted by molar-refractivity contribution is 9.10. The molecule has 0 amide bonds. The maximum atomic E-state index is 13.4. The first kappa shape index (κ1) is 15.2. The van der Waals surface area contributed by atoms with Crippen LogP contribution in [0.25, 0.3) is 0 Å². The molecule has 0 saturated heterocycles. The van der Waals surface area contributed by atoms with Crippen LogP contribution in [0.5, 0.6) is 0 Å². The van der Waals surface area contributed by atoms with Crippen LogP contribution < -0.4 is 5.32 Å². The Morgan fingerprint density at radius 3 is 2.55 bits per heavy atom. The Balaban J connectivity index is 2.05. The minimum atomic E-state index is -0.186. The average Bonchev–Trinajstić information content (AvgIpc) is 2.43. The zero-order chi connectivity index (χ0) is 14.4. The van der Waals surface area contributed by atoms with Crippen molar-refractivity contribution in [1.29, 1.82) is 0 Å². The summed E-state index contributed by atoms with van der Waals surface area (Å²) in [5, 5.41) is 3.49. The molecule has 1 nitrogen and oxygen atoms in total. The summed E-state index contributed by atoms with van der Waals surface area (Å²) < 4.78 is 14.2. The number of rotatable bonds is 6. The molecule has 1 unspecified atom stereocenters. The monoisotopic (exact) mass is 335 g/mol. The van der Waals surface area contributed by atoms with Gasteiger partial charge in [0, 0.05) is 10.5 Å². The van der Waals surface area contributed by atoms with E-state index in [0.717, 1.165) is 29.4 Å². The number of hydrogen-bond acceptors (Lipinski definition) is 1. The van der Waals surface area contributed by atoms with E-state index in [4.69, 9.17) is 0 Å². The van der Waals surface area contributed by atoms with E-state index in [1.54, 1.807) is 6.07 Å². The summed E-state index contributed by atoms with van der Waals surface area (Å²) in [6.45, 7) is 3.03. The van der Waals surface area contributed by atoms with Gasteiger partial charge in [0.2, 0.25) is 0 Å². The fourth-order valence-electron chi connectivity index (χ4n) is 2.38. The van der Waals surface area contributed by atoms with Crippen LogP contribution in [0.2, 0.25) is 0 Å². The molecule has 2 aromatic rings. The van der Waals surface area contributed by atoms with Crippen LogP contribution in [0, 0.1) is 5.82 Å². The van der Waals surface area contributed by atoms with E-state index in [1.165, 1.54) is 11.6 Å². The molecule has 0 aromatic heterocycles. The van der Waals surface area contributed by atoms with Gasteiger partial charge in [-0.05, 0) is 48.7 Å². The second kappa shape index (κ2) is 7.55. The van der Waals surface area contributed by atoms with Gasteiger partial charge in [-0.1, -0.05) is 53.2 Å². The summed E-state index contributed by atoms with van der Waals surface area (Å²) in [6, 6.07) is 15.8. The van der Waals surface area contributed by atoms with Crippen molar-refractivity contribution in [2.75, 3.05) is 6.54 Å². The lowest BCUT2D eigenvalue weighted by atomic mass is 9.99. The van der Waals surface area contributed by atoms with Gasteiger partial charge in [0.25, 0.3) is 0 Å². The Morgan fingerprint density at radius 1 is 1.15 bits per heavy atom. The summed E-state index contributed by atoms with van der Waals surface area (Å²) in [5.41, 5.74) is 2.31. The highest BCUT2D eigenvalue weighted by Crippen LogP contribution is 2.21. The Bertz CT molecular complexity index is 522. The topological polar surface area (TPSA) is 12.0 Å². The van der Waals surface area contributed by atoms with Crippen molar-refractivity contribution in [3.8, 4) is 0 Å². The van der Waals surface area contributed by atoms with Crippen molar-refractivity contribution in [1.82, 2.24) is 5.32 Å². The molecular formula is C17H19BrFN. The molecule has 1 N–H and O–H groups in total. The molecule has 0 saturated carbocycles. The van der Waals surface area contributed by atoms with Gasteiger partial charge in [0.15, 0.2) is 0 Å². The fraction of sp³-hybridized carbons (Fsp3) is 0.294. The summed E-state index contributed by atoms with van der Waals surface area (Å²) in [6.07, 6.45) is 1.80. The zero-order valence-corrected chi connectivity index (χ0v) is 13.2. The quantitative estimate of drug-likeness (QED) is 0.793. The first-order valence-corrected chi connectivity index (χ1v) is 7.71. The molecular weight excluding hydrogens is 317 g/mol. The van der Waals surface area contributed by atoms with Crippen LogP contribution in [0.1, 0.15) is 30.5 Å². The van der Waals surface area contributed by atoms with Gasteiger partial charge in [0.1, 0.15) is 5.82 Å². The highest BCUT2D eigenvalue weighted by atomic mass is 79.9. The van der Waals surface area contributed by atoms with Crippen molar-refractivity contribution >= 4 is 15.9 Å². The summed E-state index contributed by atoms with van der Waals surface area (Å²) in [7, 11) is 0. The van der Waals surface area contributed by atoms with Crippen LogP contribution >= 0.6 is 15.9 Å². The molecule has 1 atom stereocenters. The molecule has 0 radical (unpaired) electrons. The summed E-state index contributed by atoms with van der Waals surface area (Å²) in [4.78, 5) is 0. The molecule has 3 heteroatoms. The van der Waals surface area contributed by atoms with Crippen LogP contribution in [0.15, 0.2) is 53.0 Å². The normalized spacial score (nSPS) is 12.3. The van der Waals surface area contributed by atoms with E-state index in [1.807, 2.05) is 12.1 Å². The van der Waals surface area contributed by atoms with Crippen molar-refractivity contribution < 1.29 is 4.39 Å². The molecule has 0 fully saturated rings. The van der Waals surface area contributed by atoms with E-state index in [9.17, 15) is 4.39 Å². The summed E-state index contributed by atoms with van der Waals surface area (Å²) >= 11 is 3.34. The zero-order valence-electron chi connectivity index (χ0n) is 11.6. The lowest BCUT2D eigenvalue weighted by Gasteiger charge is -2.18. The predicted octanol–water partition coefficient (Wildman–Crippen LogP) is 4.87. The van der Waals surface area contributed by atoms with Crippen molar-refractivity contribution in [3.05, 3.63) is 69.9 Å². The molecule has 106 valence electrons. The van der Waals surface area contributed by atoms with Crippen molar-refractivity contribution in [3.63, 3.8) is 0 Å². The van der Waals surface area contributed by atoms with Crippen molar-refractivity contribution in [2.24, 2.45) is 0 Å². The Morgan fingerprint density at radius 2 is 1.90 bits per heavy atom. The molecule has 0 spiro atoms. The number of hydrogen-bond donors (Lipinski definition) is 1. The van der Waals surface area contributed by atoms with Gasteiger partial charge in [-0.2, -0.15) is 0 Å². The summed E-state index contributed by atoms with van der Waals surface area (Å²) in [5.74, 6) is -0.186. The first-order valence-electron chi connectivity index (χ1n) is 6.92. The Labute approximate surface area is 128 Å². The molecule has 2 rings (SSSR count). The third-order valence-electron chi connectivity index (χ3n) is 3.30. The standard InChI is InChI=1S/C17H19BrFN/c1-2-20-17(14-6-4-3-5-7-14)9-8-13-10-15(18)12-16(19)11-13/h3-7,10-12,17,20H,2,8-9H2,1H3. The first-order chi connectivity index (χ1) is 9.69. The Hall–Kier alpha value is -1.19. The third-order valence-corrected chi connectivity index (χ3v) is 3.75. The Kier molecular flexibility index (Phi) is 5.74. The van der Waals surface area contributed by atoms with Gasteiger partial charge in [0.05, 0.1) is 0 Å². The van der Waals surface area contributed by atoms with Gasteiger partial charge < -0.3 is 5.32 Å². The predicted molar refractivity (Wildman–Crippen MR) is 85.3 cm³/mol. The lowest BCUT2D eigenvalue weighted by molar-refractivity contribution is 0.514. The second-order valence-corrected chi connectivity index (χ2v) is 5.75. The van der Waals surface area contributed by atoms with Crippen LogP contribution in [0.3, 0.4) is 0 Å².